The van der Waals surface area contributed by atoms with Gasteiger partial charge in [-0.3, -0.25) is 0 Å². The van der Waals surface area contributed by atoms with E-state index in [0.29, 0.717) is 6.61 Å². The minimum atomic E-state index is -0.322. The summed E-state index contributed by atoms with van der Waals surface area (Å²) in [6, 6.07) is 0. The normalized spacial score (nSPS) is 23.1. The second-order valence-electron chi connectivity index (χ2n) is 4.62. The Hall–Kier alpha value is -0.380. The maximum atomic E-state index is 9.64. The van der Waals surface area contributed by atoms with Crippen LogP contribution in [0.15, 0.2) is 12.2 Å². The van der Waals surface area contributed by atoms with Crippen LogP contribution in [0.25, 0.3) is 0 Å². The van der Waals surface area contributed by atoms with Gasteiger partial charge in [0.1, 0.15) is 0 Å². The Morgan fingerprint density at radius 2 is 2.29 bits per heavy atom. The monoisotopic (exact) mass is 242 g/mol. The van der Waals surface area contributed by atoms with Gasteiger partial charge in [-0.15, -0.1) is 0 Å². The molecule has 17 heavy (non-hydrogen) atoms. The number of rotatable bonds is 8. The minimum Gasteiger partial charge on any atom is -0.389 e. The number of aliphatic hydroxyl groups is 1. The van der Waals surface area contributed by atoms with Crippen LogP contribution >= 0.6 is 0 Å². The fourth-order valence-electron chi connectivity index (χ4n) is 1.92. The van der Waals surface area contributed by atoms with Crippen molar-refractivity contribution in [3.8, 4) is 0 Å². The van der Waals surface area contributed by atoms with Crippen molar-refractivity contribution in [1.29, 1.82) is 0 Å². The molecule has 0 aliphatic carbocycles. The molecule has 0 spiro atoms. The van der Waals surface area contributed by atoms with Crippen molar-refractivity contribution in [3.63, 3.8) is 0 Å². The third kappa shape index (κ3) is 7.53. The molecule has 2 atom stereocenters. The third-order valence-corrected chi connectivity index (χ3v) is 2.98. The van der Waals surface area contributed by atoms with Gasteiger partial charge in [-0.05, 0) is 25.7 Å². The zero-order valence-electron chi connectivity index (χ0n) is 10.9. The Kier molecular flexibility index (Phi) is 8.32. The van der Waals surface area contributed by atoms with Crippen LogP contribution in [0, 0.1) is 0 Å². The van der Waals surface area contributed by atoms with Crippen LogP contribution in [-0.4, -0.2) is 30.7 Å². The van der Waals surface area contributed by atoms with Crippen molar-refractivity contribution in [2.24, 2.45) is 0 Å². The molecule has 1 aliphatic rings. The lowest BCUT2D eigenvalue weighted by molar-refractivity contribution is -0.155. The second kappa shape index (κ2) is 9.63. The molecule has 1 unspecified atom stereocenters. The highest BCUT2D eigenvalue weighted by molar-refractivity contribution is 4.88. The Bertz CT molecular complexity index is 198. The molecule has 1 aliphatic heterocycles. The van der Waals surface area contributed by atoms with E-state index in [0.717, 1.165) is 32.3 Å². The lowest BCUT2D eigenvalue weighted by atomic mass is 10.1. The topological polar surface area (TPSA) is 38.7 Å². The van der Waals surface area contributed by atoms with Crippen molar-refractivity contribution in [1.82, 2.24) is 0 Å². The van der Waals surface area contributed by atoms with E-state index in [2.05, 4.69) is 6.92 Å². The van der Waals surface area contributed by atoms with Gasteiger partial charge in [0.15, 0.2) is 6.29 Å². The summed E-state index contributed by atoms with van der Waals surface area (Å²) in [5.41, 5.74) is 0. The van der Waals surface area contributed by atoms with Crippen molar-refractivity contribution in [2.75, 3.05) is 13.2 Å². The molecule has 0 amide bonds. The number of unbranched alkanes of at least 4 members (excludes halogenated alkanes) is 2. The maximum Gasteiger partial charge on any atom is 0.157 e. The zero-order chi connectivity index (χ0) is 12.3. The Labute approximate surface area is 105 Å². The van der Waals surface area contributed by atoms with Crippen LogP contribution in [0.1, 0.15) is 51.9 Å². The molecule has 1 heterocycles. The van der Waals surface area contributed by atoms with E-state index in [1.54, 1.807) is 0 Å². The molecular formula is C14H26O3. The van der Waals surface area contributed by atoms with Gasteiger partial charge in [-0.25, -0.2) is 0 Å². The van der Waals surface area contributed by atoms with Gasteiger partial charge in [0.2, 0.25) is 0 Å². The van der Waals surface area contributed by atoms with Crippen LogP contribution in [0.5, 0.6) is 0 Å². The maximum absolute atomic E-state index is 9.64. The van der Waals surface area contributed by atoms with E-state index >= 15 is 0 Å². The molecular weight excluding hydrogens is 216 g/mol. The lowest BCUT2D eigenvalue weighted by Crippen LogP contribution is -2.22. The average molecular weight is 242 g/mol. The Morgan fingerprint density at radius 1 is 1.41 bits per heavy atom. The average Bonchev–Trinajstić information content (AvgIpc) is 2.36. The van der Waals surface area contributed by atoms with Crippen LogP contribution < -0.4 is 0 Å². The third-order valence-electron chi connectivity index (χ3n) is 2.98. The minimum absolute atomic E-state index is 0.0364. The molecule has 0 aromatic carbocycles. The number of ether oxygens (including phenoxy) is 2. The van der Waals surface area contributed by atoms with Gasteiger partial charge in [0, 0.05) is 6.61 Å². The van der Waals surface area contributed by atoms with Gasteiger partial charge in [0.05, 0.1) is 12.7 Å². The summed E-state index contributed by atoms with van der Waals surface area (Å²) in [7, 11) is 0. The first-order chi connectivity index (χ1) is 8.33. The molecule has 1 fully saturated rings. The summed E-state index contributed by atoms with van der Waals surface area (Å²) in [6.07, 6.45) is 11.0. The first kappa shape index (κ1) is 14.7. The Balaban J connectivity index is 1.99. The number of hydrogen-bond donors (Lipinski definition) is 1. The summed E-state index contributed by atoms with van der Waals surface area (Å²) in [5, 5.41) is 9.64. The van der Waals surface area contributed by atoms with Gasteiger partial charge < -0.3 is 14.6 Å². The summed E-state index contributed by atoms with van der Waals surface area (Å²) in [5.74, 6) is 0. The molecule has 100 valence electrons. The summed E-state index contributed by atoms with van der Waals surface area (Å²) < 4.78 is 11.0. The SMILES string of the molecule is CCCCC[C@H](O)/C=C/COC1CCCCO1. The van der Waals surface area contributed by atoms with Crippen LogP contribution in [0.2, 0.25) is 0 Å². The van der Waals surface area contributed by atoms with Crippen molar-refractivity contribution >= 4 is 0 Å². The highest BCUT2D eigenvalue weighted by Gasteiger charge is 2.12. The molecule has 0 aromatic rings. The molecule has 3 nitrogen and oxygen atoms in total. The smallest absolute Gasteiger partial charge is 0.157 e. The van der Waals surface area contributed by atoms with E-state index < -0.39 is 0 Å². The molecule has 1 saturated heterocycles. The highest BCUT2D eigenvalue weighted by atomic mass is 16.7. The molecule has 0 saturated carbocycles. The summed E-state index contributed by atoms with van der Waals surface area (Å²) in [6.45, 7) is 3.52. The fourth-order valence-corrected chi connectivity index (χ4v) is 1.92. The molecule has 0 bridgehead atoms. The first-order valence-electron chi connectivity index (χ1n) is 6.91. The van der Waals surface area contributed by atoms with E-state index in [4.69, 9.17) is 9.47 Å². The van der Waals surface area contributed by atoms with Gasteiger partial charge >= 0.3 is 0 Å². The summed E-state index contributed by atoms with van der Waals surface area (Å²) >= 11 is 0. The van der Waals surface area contributed by atoms with Crippen molar-refractivity contribution < 1.29 is 14.6 Å². The first-order valence-corrected chi connectivity index (χ1v) is 6.91. The number of hydrogen-bond acceptors (Lipinski definition) is 3. The van der Waals surface area contributed by atoms with Crippen LogP contribution in [0.4, 0.5) is 0 Å². The predicted molar refractivity (Wildman–Crippen MR) is 68.8 cm³/mol. The predicted octanol–water partition coefficient (Wildman–Crippen LogP) is 3.03. The standard InChI is InChI=1S/C14H26O3/c1-2-3-4-8-13(15)9-7-12-17-14-10-5-6-11-16-14/h7,9,13-15H,2-6,8,10-12H2,1H3/b9-7+/t13-,14?/m0/s1. The van der Waals surface area contributed by atoms with E-state index in [-0.39, 0.29) is 12.4 Å². The highest BCUT2D eigenvalue weighted by Crippen LogP contribution is 2.13. The van der Waals surface area contributed by atoms with Crippen LogP contribution in [0.3, 0.4) is 0 Å². The van der Waals surface area contributed by atoms with Crippen LogP contribution in [-0.2, 0) is 9.47 Å². The quantitative estimate of drug-likeness (QED) is 0.525. The van der Waals surface area contributed by atoms with Gasteiger partial charge in [-0.2, -0.15) is 0 Å². The lowest BCUT2D eigenvalue weighted by Gasteiger charge is -2.21. The zero-order valence-corrected chi connectivity index (χ0v) is 10.9. The molecule has 0 radical (unpaired) electrons. The van der Waals surface area contributed by atoms with Gasteiger partial charge in [-0.1, -0.05) is 38.3 Å². The second-order valence-corrected chi connectivity index (χ2v) is 4.62. The van der Waals surface area contributed by atoms with E-state index in [9.17, 15) is 5.11 Å². The molecule has 0 aromatic heterocycles. The van der Waals surface area contributed by atoms with Crippen molar-refractivity contribution in [3.05, 3.63) is 12.2 Å². The van der Waals surface area contributed by atoms with E-state index in [1.807, 2.05) is 12.2 Å². The summed E-state index contributed by atoms with van der Waals surface area (Å²) in [4.78, 5) is 0. The molecule has 1 rings (SSSR count). The van der Waals surface area contributed by atoms with Gasteiger partial charge in [0.25, 0.3) is 0 Å². The van der Waals surface area contributed by atoms with Crippen molar-refractivity contribution in [2.45, 2.75) is 64.3 Å². The molecule has 1 N–H and O–H groups in total. The van der Waals surface area contributed by atoms with E-state index in [1.165, 1.54) is 19.3 Å². The fraction of sp³-hybridized carbons (Fsp3) is 0.857. The molecule has 3 heteroatoms. The number of aliphatic hydroxyl groups excluding tert-OH is 1. The Morgan fingerprint density at radius 3 is 3.00 bits per heavy atom. The largest absolute Gasteiger partial charge is 0.389 e.